The minimum absolute atomic E-state index is 0.360. The highest BCUT2D eigenvalue weighted by molar-refractivity contribution is 6.32. The molecule has 4 nitrogen and oxygen atoms in total. The van der Waals surface area contributed by atoms with Crippen LogP contribution in [-0.2, 0) is 20.7 Å². The van der Waals surface area contributed by atoms with Crippen molar-refractivity contribution in [3.05, 3.63) is 76.8 Å². The maximum Gasteiger partial charge on any atom is 0.328 e. The highest BCUT2D eigenvalue weighted by atomic mass is 35.5. The normalized spacial score (nSPS) is 11.9. The number of hydrogen-bond acceptors (Lipinski definition) is 3. The number of esters is 1. The SMILES string of the molecule is COC(=O)[C@H](Cc1ccccc1)NC(=O)/C=C/c1ccccc1Cl. The predicted octanol–water partition coefficient (Wildman–Crippen LogP) is 3.25. The van der Waals surface area contributed by atoms with E-state index in [1.807, 2.05) is 42.5 Å². The Morgan fingerprint density at radius 3 is 2.46 bits per heavy atom. The van der Waals surface area contributed by atoms with Crippen LogP contribution in [-0.4, -0.2) is 25.0 Å². The van der Waals surface area contributed by atoms with Gasteiger partial charge in [-0.2, -0.15) is 0 Å². The molecule has 0 radical (unpaired) electrons. The van der Waals surface area contributed by atoms with E-state index >= 15 is 0 Å². The van der Waals surface area contributed by atoms with Crippen LogP contribution >= 0.6 is 11.6 Å². The Morgan fingerprint density at radius 2 is 1.79 bits per heavy atom. The van der Waals surface area contributed by atoms with Gasteiger partial charge in [-0.25, -0.2) is 4.79 Å². The van der Waals surface area contributed by atoms with Crippen LogP contribution in [0.5, 0.6) is 0 Å². The molecule has 0 unspecified atom stereocenters. The molecule has 124 valence electrons. The van der Waals surface area contributed by atoms with E-state index in [1.54, 1.807) is 18.2 Å². The number of halogens is 1. The summed E-state index contributed by atoms with van der Waals surface area (Å²) >= 11 is 6.04. The fraction of sp³-hybridized carbons (Fsp3) is 0.158. The van der Waals surface area contributed by atoms with Crippen LogP contribution in [0.4, 0.5) is 0 Å². The summed E-state index contributed by atoms with van der Waals surface area (Å²) in [4.78, 5) is 24.0. The van der Waals surface area contributed by atoms with Gasteiger partial charge in [0.2, 0.25) is 5.91 Å². The zero-order valence-electron chi connectivity index (χ0n) is 13.2. The second kappa shape index (κ2) is 8.89. The molecule has 0 bridgehead atoms. The topological polar surface area (TPSA) is 55.4 Å². The second-order valence-corrected chi connectivity index (χ2v) is 5.54. The van der Waals surface area contributed by atoms with E-state index in [-0.39, 0.29) is 5.91 Å². The van der Waals surface area contributed by atoms with Crippen molar-refractivity contribution >= 4 is 29.6 Å². The van der Waals surface area contributed by atoms with E-state index in [9.17, 15) is 9.59 Å². The summed E-state index contributed by atoms with van der Waals surface area (Å²) in [5, 5.41) is 3.21. The monoisotopic (exact) mass is 343 g/mol. The summed E-state index contributed by atoms with van der Waals surface area (Å²) in [7, 11) is 1.30. The van der Waals surface area contributed by atoms with Gasteiger partial charge < -0.3 is 10.1 Å². The molecular formula is C19H18ClNO3. The van der Waals surface area contributed by atoms with Crippen LogP contribution in [0.25, 0.3) is 6.08 Å². The first kappa shape index (κ1) is 17.8. The first-order valence-corrected chi connectivity index (χ1v) is 7.83. The molecule has 0 aromatic heterocycles. The Kier molecular flexibility index (Phi) is 6.58. The number of rotatable bonds is 6. The van der Waals surface area contributed by atoms with Gasteiger partial charge in [0.15, 0.2) is 0 Å². The van der Waals surface area contributed by atoms with E-state index in [0.717, 1.165) is 11.1 Å². The molecule has 0 saturated heterocycles. The number of nitrogens with one attached hydrogen (secondary N) is 1. The van der Waals surface area contributed by atoms with Crippen molar-refractivity contribution in [3.8, 4) is 0 Å². The van der Waals surface area contributed by atoms with Gasteiger partial charge in [-0.05, 0) is 23.3 Å². The highest BCUT2D eigenvalue weighted by Crippen LogP contribution is 2.16. The van der Waals surface area contributed by atoms with Crippen LogP contribution in [0, 0.1) is 0 Å². The molecule has 0 aliphatic heterocycles. The lowest BCUT2D eigenvalue weighted by Crippen LogP contribution is -2.42. The van der Waals surface area contributed by atoms with Gasteiger partial charge in [-0.1, -0.05) is 60.1 Å². The molecular weight excluding hydrogens is 326 g/mol. The zero-order valence-corrected chi connectivity index (χ0v) is 14.0. The molecule has 0 aliphatic rings. The first-order valence-electron chi connectivity index (χ1n) is 7.45. The molecule has 2 aromatic carbocycles. The molecule has 0 heterocycles. The van der Waals surface area contributed by atoms with Crippen LogP contribution in [0.3, 0.4) is 0 Å². The summed E-state index contributed by atoms with van der Waals surface area (Å²) in [5.74, 6) is -0.875. The van der Waals surface area contributed by atoms with E-state index in [2.05, 4.69) is 5.32 Å². The van der Waals surface area contributed by atoms with Crippen molar-refractivity contribution in [1.29, 1.82) is 0 Å². The van der Waals surface area contributed by atoms with Gasteiger partial charge in [0, 0.05) is 17.5 Å². The van der Waals surface area contributed by atoms with Crippen molar-refractivity contribution in [2.75, 3.05) is 7.11 Å². The molecule has 5 heteroatoms. The molecule has 0 aliphatic carbocycles. The van der Waals surface area contributed by atoms with Gasteiger partial charge in [-0.3, -0.25) is 4.79 Å². The zero-order chi connectivity index (χ0) is 17.4. The Bertz CT molecular complexity index is 728. The smallest absolute Gasteiger partial charge is 0.328 e. The summed E-state index contributed by atoms with van der Waals surface area (Å²) in [6.07, 6.45) is 3.32. The molecule has 0 spiro atoms. The van der Waals surface area contributed by atoms with Crippen LogP contribution in [0.2, 0.25) is 5.02 Å². The number of carbonyl (C=O) groups excluding carboxylic acids is 2. The third kappa shape index (κ3) is 5.25. The van der Waals surface area contributed by atoms with Gasteiger partial charge in [0.1, 0.15) is 6.04 Å². The predicted molar refractivity (Wildman–Crippen MR) is 94.6 cm³/mol. The largest absolute Gasteiger partial charge is 0.467 e. The fourth-order valence-electron chi connectivity index (χ4n) is 2.18. The fourth-order valence-corrected chi connectivity index (χ4v) is 2.38. The van der Waals surface area contributed by atoms with Gasteiger partial charge in [0.05, 0.1) is 7.11 Å². The van der Waals surface area contributed by atoms with Crippen LogP contribution in [0.1, 0.15) is 11.1 Å². The maximum atomic E-state index is 12.1. The maximum absolute atomic E-state index is 12.1. The minimum atomic E-state index is -0.749. The van der Waals surface area contributed by atoms with Crippen LogP contribution < -0.4 is 5.32 Å². The van der Waals surface area contributed by atoms with E-state index in [0.29, 0.717) is 11.4 Å². The van der Waals surface area contributed by atoms with Crippen molar-refractivity contribution in [2.45, 2.75) is 12.5 Å². The van der Waals surface area contributed by atoms with E-state index < -0.39 is 12.0 Å². The molecule has 0 saturated carbocycles. The molecule has 24 heavy (non-hydrogen) atoms. The number of methoxy groups -OCH3 is 1. The lowest BCUT2D eigenvalue weighted by Gasteiger charge is -2.15. The average molecular weight is 344 g/mol. The van der Waals surface area contributed by atoms with Gasteiger partial charge >= 0.3 is 5.97 Å². The molecule has 1 N–H and O–H groups in total. The standard InChI is InChI=1S/C19H18ClNO3/c1-24-19(23)17(13-14-7-3-2-4-8-14)21-18(22)12-11-15-9-5-6-10-16(15)20/h2-12,17H,13H2,1H3,(H,21,22)/b12-11+/t17-/m0/s1. The molecule has 2 aromatic rings. The average Bonchev–Trinajstić information content (AvgIpc) is 2.60. The molecule has 1 amide bonds. The Morgan fingerprint density at radius 1 is 1.12 bits per heavy atom. The molecule has 1 atom stereocenters. The summed E-state index contributed by atoms with van der Waals surface area (Å²) < 4.78 is 4.77. The van der Waals surface area contributed by atoms with Crippen molar-refractivity contribution in [2.24, 2.45) is 0 Å². The van der Waals surface area contributed by atoms with Gasteiger partial charge in [0.25, 0.3) is 0 Å². The van der Waals surface area contributed by atoms with Crippen molar-refractivity contribution < 1.29 is 14.3 Å². The Hall–Kier alpha value is -2.59. The third-order valence-corrected chi connectivity index (χ3v) is 3.75. The first-order chi connectivity index (χ1) is 11.6. The van der Waals surface area contributed by atoms with Crippen molar-refractivity contribution in [3.63, 3.8) is 0 Å². The number of amides is 1. The second-order valence-electron chi connectivity index (χ2n) is 5.13. The quantitative estimate of drug-likeness (QED) is 0.647. The highest BCUT2D eigenvalue weighted by Gasteiger charge is 2.20. The van der Waals surface area contributed by atoms with E-state index in [4.69, 9.17) is 16.3 Å². The van der Waals surface area contributed by atoms with Gasteiger partial charge in [-0.15, -0.1) is 0 Å². The minimum Gasteiger partial charge on any atom is -0.467 e. The van der Waals surface area contributed by atoms with Crippen LogP contribution in [0.15, 0.2) is 60.7 Å². The van der Waals surface area contributed by atoms with Crippen molar-refractivity contribution in [1.82, 2.24) is 5.32 Å². The third-order valence-electron chi connectivity index (χ3n) is 3.40. The van der Waals surface area contributed by atoms with E-state index in [1.165, 1.54) is 13.2 Å². The molecule has 0 fully saturated rings. The number of benzene rings is 2. The summed E-state index contributed by atoms with van der Waals surface area (Å²) in [6, 6.07) is 15.9. The summed E-state index contributed by atoms with van der Waals surface area (Å²) in [6.45, 7) is 0. The summed E-state index contributed by atoms with van der Waals surface area (Å²) in [5.41, 5.74) is 1.66. The lowest BCUT2D eigenvalue weighted by molar-refractivity contribution is -0.144. The lowest BCUT2D eigenvalue weighted by atomic mass is 10.1. The Balaban J connectivity index is 2.04. The number of hydrogen-bond donors (Lipinski definition) is 1. The number of carbonyl (C=O) groups is 2. The molecule has 2 rings (SSSR count). The Labute approximate surface area is 146 Å². The number of ether oxygens (including phenoxy) is 1.